The van der Waals surface area contributed by atoms with Gasteiger partial charge in [-0.05, 0) is 34.1 Å². The van der Waals surface area contributed by atoms with Crippen LogP contribution in [-0.4, -0.2) is 23.4 Å². The van der Waals surface area contributed by atoms with Crippen LogP contribution in [-0.2, 0) is 9.53 Å². The van der Waals surface area contributed by atoms with Crippen molar-refractivity contribution in [2.45, 2.75) is 0 Å². The van der Waals surface area contributed by atoms with Crippen LogP contribution in [0.2, 0.25) is 0 Å². The number of rotatable bonds is 5. The zero-order chi connectivity index (χ0) is 16.8. The third-order valence-electron chi connectivity index (χ3n) is 2.80. The van der Waals surface area contributed by atoms with Gasteiger partial charge in [0.2, 0.25) is 0 Å². The van der Waals surface area contributed by atoms with E-state index in [9.17, 15) is 19.7 Å². The molecule has 7 nitrogen and oxygen atoms in total. The second-order valence-corrected chi connectivity index (χ2v) is 5.23. The fourth-order valence-corrected chi connectivity index (χ4v) is 2.21. The van der Waals surface area contributed by atoms with Crippen LogP contribution in [0.1, 0.15) is 10.4 Å². The number of nitrogens with zero attached hydrogens (tertiary/aromatic N) is 1. The number of hydrogen-bond acceptors (Lipinski definition) is 5. The summed E-state index contributed by atoms with van der Waals surface area (Å²) >= 11 is 3.21. The summed E-state index contributed by atoms with van der Waals surface area (Å²) in [4.78, 5) is 33.9. The average molecular weight is 379 g/mol. The van der Waals surface area contributed by atoms with E-state index in [1.54, 1.807) is 30.3 Å². The van der Waals surface area contributed by atoms with Gasteiger partial charge in [-0.25, -0.2) is 4.79 Å². The maximum atomic E-state index is 11.9. The molecule has 0 bridgehead atoms. The number of nitrogens with one attached hydrogen (secondary N) is 1. The third-order valence-corrected chi connectivity index (χ3v) is 3.49. The summed E-state index contributed by atoms with van der Waals surface area (Å²) in [6.07, 6.45) is 0. The van der Waals surface area contributed by atoms with Crippen LogP contribution in [0.5, 0.6) is 0 Å². The molecular formula is C15H11BrN2O5. The monoisotopic (exact) mass is 378 g/mol. The number of anilines is 1. The zero-order valence-electron chi connectivity index (χ0n) is 11.7. The minimum Gasteiger partial charge on any atom is -0.452 e. The minimum absolute atomic E-state index is 0.0411. The first-order valence-electron chi connectivity index (χ1n) is 6.44. The van der Waals surface area contributed by atoms with E-state index >= 15 is 0 Å². The minimum atomic E-state index is -0.671. The number of esters is 1. The number of carbonyl (C=O) groups excluding carboxylic acids is 2. The number of carbonyl (C=O) groups is 2. The largest absolute Gasteiger partial charge is 0.452 e. The van der Waals surface area contributed by atoms with Crippen LogP contribution in [0.25, 0.3) is 0 Å². The van der Waals surface area contributed by atoms with Gasteiger partial charge in [-0.3, -0.25) is 14.9 Å². The van der Waals surface area contributed by atoms with Gasteiger partial charge in [-0.1, -0.05) is 24.3 Å². The molecule has 1 amide bonds. The molecule has 2 aromatic rings. The summed E-state index contributed by atoms with van der Waals surface area (Å²) in [5, 5.41) is 13.2. The molecule has 0 atom stereocenters. The molecule has 0 aliphatic carbocycles. The van der Waals surface area contributed by atoms with Gasteiger partial charge in [-0.2, -0.15) is 0 Å². The average Bonchev–Trinajstić information content (AvgIpc) is 2.53. The Labute approximate surface area is 139 Å². The van der Waals surface area contributed by atoms with Crippen molar-refractivity contribution in [3.63, 3.8) is 0 Å². The van der Waals surface area contributed by atoms with Crippen molar-refractivity contribution in [1.82, 2.24) is 0 Å². The number of nitro groups is 1. The van der Waals surface area contributed by atoms with Gasteiger partial charge in [0.25, 0.3) is 11.6 Å². The predicted octanol–water partition coefficient (Wildman–Crippen LogP) is 3.15. The van der Waals surface area contributed by atoms with E-state index in [0.717, 1.165) is 0 Å². The summed E-state index contributed by atoms with van der Waals surface area (Å²) in [6, 6.07) is 12.3. The Morgan fingerprint density at radius 1 is 1.13 bits per heavy atom. The summed E-state index contributed by atoms with van der Waals surface area (Å²) in [5.41, 5.74) is 0.0865. The first kappa shape index (κ1) is 16.6. The lowest BCUT2D eigenvalue weighted by atomic mass is 10.2. The standard InChI is InChI=1S/C15H11BrN2O5/c16-11-6-2-1-5-10(11)15(20)23-9-14(19)17-12-7-3-4-8-13(12)18(21)22/h1-8H,9H2,(H,17,19). The van der Waals surface area contributed by atoms with Crippen LogP contribution >= 0.6 is 15.9 Å². The van der Waals surface area contributed by atoms with E-state index in [1.807, 2.05) is 0 Å². The quantitative estimate of drug-likeness (QED) is 0.489. The topological polar surface area (TPSA) is 98.5 Å². The molecule has 0 heterocycles. The molecular weight excluding hydrogens is 368 g/mol. The van der Waals surface area contributed by atoms with Gasteiger partial charge in [0.1, 0.15) is 5.69 Å². The fraction of sp³-hybridized carbons (Fsp3) is 0.0667. The summed E-state index contributed by atoms with van der Waals surface area (Å²) < 4.78 is 5.44. The first-order valence-corrected chi connectivity index (χ1v) is 7.23. The van der Waals surface area contributed by atoms with E-state index in [-0.39, 0.29) is 16.9 Å². The molecule has 0 saturated carbocycles. The van der Waals surface area contributed by atoms with Gasteiger partial charge in [0.15, 0.2) is 6.61 Å². The first-order chi connectivity index (χ1) is 11.0. The van der Waals surface area contributed by atoms with E-state index in [2.05, 4.69) is 21.2 Å². The van der Waals surface area contributed by atoms with E-state index in [0.29, 0.717) is 4.47 Å². The highest BCUT2D eigenvalue weighted by Gasteiger charge is 2.17. The van der Waals surface area contributed by atoms with Crippen LogP contribution in [0, 0.1) is 10.1 Å². The summed E-state index contributed by atoms with van der Waals surface area (Å²) in [7, 11) is 0. The molecule has 0 aromatic heterocycles. The highest BCUT2D eigenvalue weighted by Crippen LogP contribution is 2.23. The Hall–Kier alpha value is -2.74. The molecule has 0 fully saturated rings. The Bertz CT molecular complexity index is 763. The lowest BCUT2D eigenvalue weighted by Crippen LogP contribution is -2.21. The molecule has 0 aliphatic rings. The van der Waals surface area contributed by atoms with E-state index in [1.165, 1.54) is 18.2 Å². The number of para-hydroxylation sites is 2. The van der Waals surface area contributed by atoms with Gasteiger partial charge < -0.3 is 10.1 Å². The molecule has 0 spiro atoms. The number of halogens is 1. The van der Waals surface area contributed by atoms with E-state index < -0.39 is 23.4 Å². The van der Waals surface area contributed by atoms with Gasteiger partial charge in [0.05, 0.1) is 10.5 Å². The Morgan fingerprint density at radius 2 is 1.78 bits per heavy atom. The van der Waals surface area contributed by atoms with Crippen LogP contribution in [0.15, 0.2) is 53.0 Å². The summed E-state index contributed by atoms with van der Waals surface area (Å²) in [5.74, 6) is -1.34. The van der Waals surface area contributed by atoms with Crippen molar-refractivity contribution in [3.8, 4) is 0 Å². The van der Waals surface area contributed by atoms with Crippen LogP contribution in [0.3, 0.4) is 0 Å². The van der Waals surface area contributed by atoms with Crippen molar-refractivity contribution >= 4 is 39.2 Å². The van der Waals surface area contributed by atoms with Crippen molar-refractivity contribution in [3.05, 3.63) is 68.7 Å². The normalized spacial score (nSPS) is 9.96. The maximum Gasteiger partial charge on any atom is 0.339 e. The lowest BCUT2D eigenvalue weighted by Gasteiger charge is -2.07. The molecule has 118 valence electrons. The smallest absolute Gasteiger partial charge is 0.339 e. The lowest BCUT2D eigenvalue weighted by molar-refractivity contribution is -0.383. The van der Waals surface area contributed by atoms with E-state index in [4.69, 9.17) is 4.74 Å². The van der Waals surface area contributed by atoms with Crippen LogP contribution in [0.4, 0.5) is 11.4 Å². The SMILES string of the molecule is O=C(COC(=O)c1ccccc1Br)Nc1ccccc1[N+](=O)[O-]. The number of benzene rings is 2. The highest BCUT2D eigenvalue weighted by molar-refractivity contribution is 9.10. The number of hydrogen-bond donors (Lipinski definition) is 1. The molecule has 0 saturated heterocycles. The predicted molar refractivity (Wildman–Crippen MR) is 86.2 cm³/mol. The number of ether oxygens (including phenoxy) is 1. The zero-order valence-corrected chi connectivity index (χ0v) is 13.3. The van der Waals surface area contributed by atoms with Crippen molar-refractivity contribution in [2.75, 3.05) is 11.9 Å². The maximum absolute atomic E-state index is 11.9. The third kappa shape index (κ3) is 4.36. The molecule has 2 rings (SSSR count). The van der Waals surface area contributed by atoms with Crippen molar-refractivity contribution in [1.29, 1.82) is 0 Å². The van der Waals surface area contributed by atoms with Crippen molar-refractivity contribution < 1.29 is 19.2 Å². The fourth-order valence-electron chi connectivity index (χ4n) is 1.76. The molecule has 8 heteroatoms. The molecule has 1 N–H and O–H groups in total. The van der Waals surface area contributed by atoms with Crippen LogP contribution < -0.4 is 5.32 Å². The highest BCUT2D eigenvalue weighted by atomic mass is 79.9. The van der Waals surface area contributed by atoms with Gasteiger partial charge in [-0.15, -0.1) is 0 Å². The number of amides is 1. The van der Waals surface area contributed by atoms with Crippen molar-refractivity contribution in [2.24, 2.45) is 0 Å². The molecule has 23 heavy (non-hydrogen) atoms. The Kier molecular flexibility index (Phi) is 5.42. The Morgan fingerprint density at radius 3 is 2.48 bits per heavy atom. The van der Waals surface area contributed by atoms with Gasteiger partial charge >= 0.3 is 5.97 Å². The van der Waals surface area contributed by atoms with Gasteiger partial charge in [0, 0.05) is 10.5 Å². The molecule has 0 aliphatic heterocycles. The number of nitro benzene ring substituents is 1. The second kappa shape index (κ2) is 7.50. The molecule has 0 unspecified atom stereocenters. The molecule has 2 aromatic carbocycles. The second-order valence-electron chi connectivity index (χ2n) is 4.38. The molecule has 0 radical (unpaired) electrons. The summed E-state index contributed by atoms with van der Waals surface area (Å²) in [6.45, 7) is -0.549. The Balaban J connectivity index is 1.97.